The minimum Gasteiger partial charge on any atom is -0.342 e. The van der Waals surface area contributed by atoms with Gasteiger partial charge in [0.25, 0.3) is 5.91 Å². The highest BCUT2D eigenvalue weighted by atomic mass is 16.1. The highest BCUT2D eigenvalue weighted by Gasteiger charge is 2.14. The predicted molar refractivity (Wildman–Crippen MR) is 119 cm³/mol. The molecule has 0 aliphatic carbocycles. The van der Waals surface area contributed by atoms with Crippen LogP contribution >= 0.6 is 0 Å². The minimum absolute atomic E-state index is 0.0592. The van der Waals surface area contributed by atoms with Crippen LogP contribution in [-0.2, 0) is 11.8 Å². The zero-order chi connectivity index (χ0) is 20.9. The van der Waals surface area contributed by atoms with E-state index in [1.165, 1.54) is 16.7 Å². The van der Waals surface area contributed by atoms with E-state index in [-0.39, 0.29) is 11.3 Å². The summed E-state index contributed by atoms with van der Waals surface area (Å²) in [6.07, 6.45) is 4.45. The van der Waals surface area contributed by atoms with Gasteiger partial charge in [-0.1, -0.05) is 51.6 Å². The standard InChI is InChI=1S/C25H27N3O/c1-18(28-24(29)21-7-9-22(10-8-21)25(2,3)4)27-23-11-5-19(6-12-23)17-20-13-15-26-16-14-20/h5-16,27H,1,17H2,2-4H3,(H,28,29). The second kappa shape index (κ2) is 8.74. The number of rotatable bonds is 6. The van der Waals surface area contributed by atoms with Gasteiger partial charge in [0.2, 0.25) is 0 Å². The summed E-state index contributed by atoms with van der Waals surface area (Å²) in [5.74, 6) is 0.258. The molecule has 2 N–H and O–H groups in total. The second-order valence-corrected chi connectivity index (χ2v) is 8.11. The topological polar surface area (TPSA) is 54.0 Å². The molecule has 1 heterocycles. The number of anilines is 1. The van der Waals surface area contributed by atoms with Gasteiger partial charge >= 0.3 is 0 Å². The van der Waals surface area contributed by atoms with Crippen LogP contribution in [0, 0.1) is 0 Å². The molecule has 4 nitrogen and oxygen atoms in total. The summed E-state index contributed by atoms with van der Waals surface area (Å²) >= 11 is 0. The van der Waals surface area contributed by atoms with Crippen LogP contribution in [0.2, 0.25) is 0 Å². The number of pyridine rings is 1. The highest BCUT2D eigenvalue weighted by molar-refractivity contribution is 5.95. The largest absolute Gasteiger partial charge is 0.342 e. The van der Waals surface area contributed by atoms with Crippen LogP contribution in [0.15, 0.2) is 85.5 Å². The van der Waals surface area contributed by atoms with Gasteiger partial charge in [-0.2, -0.15) is 0 Å². The average Bonchev–Trinajstić information content (AvgIpc) is 2.69. The van der Waals surface area contributed by atoms with Gasteiger partial charge in [-0.25, -0.2) is 0 Å². The Kier molecular flexibility index (Phi) is 6.13. The number of benzene rings is 2. The fraction of sp³-hybridized carbons (Fsp3) is 0.200. The molecule has 148 valence electrons. The van der Waals surface area contributed by atoms with Crippen molar-refractivity contribution in [3.8, 4) is 0 Å². The van der Waals surface area contributed by atoms with Gasteiger partial charge in [0.1, 0.15) is 5.82 Å². The van der Waals surface area contributed by atoms with Gasteiger partial charge in [-0.05, 0) is 64.9 Å². The third kappa shape index (κ3) is 5.79. The number of nitrogens with zero attached hydrogens (tertiary/aromatic N) is 1. The van der Waals surface area contributed by atoms with Crippen molar-refractivity contribution in [1.29, 1.82) is 0 Å². The summed E-state index contributed by atoms with van der Waals surface area (Å²) in [6, 6.07) is 19.8. The first kappa shape index (κ1) is 20.3. The Hall–Kier alpha value is -3.40. The van der Waals surface area contributed by atoms with Gasteiger partial charge in [0.15, 0.2) is 0 Å². The van der Waals surface area contributed by atoms with Crippen molar-refractivity contribution in [2.24, 2.45) is 0 Å². The summed E-state index contributed by atoms with van der Waals surface area (Å²) in [6.45, 7) is 10.4. The lowest BCUT2D eigenvalue weighted by Crippen LogP contribution is -2.26. The molecular formula is C25H27N3O. The molecule has 4 heteroatoms. The molecule has 0 radical (unpaired) electrons. The average molecular weight is 386 g/mol. The lowest BCUT2D eigenvalue weighted by Gasteiger charge is -2.19. The molecule has 29 heavy (non-hydrogen) atoms. The molecule has 1 aromatic heterocycles. The van der Waals surface area contributed by atoms with Crippen molar-refractivity contribution in [2.75, 3.05) is 5.32 Å². The number of nitrogens with one attached hydrogen (secondary N) is 2. The molecular weight excluding hydrogens is 358 g/mol. The van der Waals surface area contributed by atoms with Crippen molar-refractivity contribution in [1.82, 2.24) is 10.3 Å². The molecule has 0 bridgehead atoms. The normalized spacial score (nSPS) is 11.0. The van der Waals surface area contributed by atoms with Crippen LogP contribution in [0.1, 0.15) is 47.8 Å². The molecule has 0 spiro atoms. The van der Waals surface area contributed by atoms with Crippen LogP contribution in [0.3, 0.4) is 0 Å². The zero-order valence-electron chi connectivity index (χ0n) is 17.2. The van der Waals surface area contributed by atoms with Gasteiger partial charge in [-0.3, -0.25) is 9.78 Å². The van der Waals surface area contributed by atoms with Crippen molar-refractivity contribution >= 4 is 11.6 Å². The molecule has 0 saturated heterocycles. The quantitative estimate of drug-likeness (QED) is 0.607. The van der Waals surface area contributed by atoms with Gasteiger partial charge in [-0.15, -0.1) is 0 Å². The summed E-state index contributed by atoms with van der Waals surface area (Å²) in [5.41, 5.74) is 5.15. The van der Waals surface area contributed by atoms with Crippen LogP contribution in [0.4, 0.5) is 5.69 Å². The molecule has 3 rings (SSSR count). The van der Waals surface area contributed by atoms with Crippen LogP contribution < -0.4 is 10.6 Å². The Labute approximate surface area is 172 Å². The first-order chi connectivity index (χ1) is 13.8. The van der Waals surface area contributed by atoms with E-state index >= 15 is 0 Å². The Balaban J connectivity index is 1.55. The number of carbonyl (C=O) groups excluding carboxylic acids is 1. The van der Waals surface area contributed by atoms with E-state index in [1.54, 1.807) is 12.4 Å². The van der Waals surface area contributed by atoms with E-state index in [0.29, 0.717) is 11.4 Å². The minimum atomic E-state index is -0.183. The van der Waals surface area contributed by atoms with Gasteiger partial charge in [0, 0.05) is 23.6 Å². The van der Waals surface area contributed by atoms with Crippen LogP contribution in [0.25, 0.3) is 0 Å². The van der Waals surface area contributed by atoms with E-state index in [4.69, 9.17) is 0 Å². The maximum atomic E-state index is 12.4. The van der Waals surface area contributed by atoms with Crippen molar-refractivity contribution in [2.45, 2.75) is 32.6 Å². The molecule has 2 aromatic carbocycles. The highest BCUT2D eigenvalue weighted by Crippen LogP contribution is 2.22. The zero-order valence-corrected chi connectivity index (χ0v) is 17.2. The monoisotopic (exact) mass is 385 g/mol. The van der Waals surface area contributed by atoms with Crippen molar-refractivity contribution in [3.63, 3.8) is 0 Å². The second-order valence-electron chi connectivity index (χ2n) is 8.11. The van der Waals surface area contributed by atoms with E-state index in [1.807, 2.05) is 48.5 Å². The summed E-state index contributed by atoms with van der Waals surface area (Å²) in [5, 5.41) is 5.94. The van der Waals surface area contributed by atoms with Crippen LogP contribution in [-0.4, -0.2) is 10.9 Å². The fourth-order valence-electron chi connectivity index (χ4n) is 2.98. The van der Waals surface area contributed by atoms with E-state index < -0.39 is 0 Å². The van der Waals surface area contributed by atoms with Crippen molar-refractivity contribution in [3.05, 3.63) is 108 Å². The molecule has 0 unspecified atom stereocenters. The molecule has 0 aliphatic heterocycles. The first-order valence-electron chi connectivity index (χ1n) is 9.67. The SMILES string of the molecule is C=C(NC(=O)c1ccc(C(C)(C)C)cc1)Nc1ccc(Cc2ccncc2)cc1. The summed E-state index contributed by atoms with van der Waals surface area (Å²) in [4.78, 5) is 16.5. The number of amides is 1. The van der Waals surface area contributed by atoms with Crippen molar-refractivity contribution < 1.29 is 4.79 Å². The number of aromatic nitrogens is 1. The lowest BCUT2D eigenvalue weighted by molar-refractivity contribution is 0.0966. The third-order valence-corrected chi connectivity index (χ3v) is 4.68. The van der Waals surface area contributed by atoms with E-state index in [9.17, 15) is 4.79 Å². The predicted octanol–water partition coefficient (Wildman–Crippen LogP) is 5.28. The number of hydrogen-bond acceptors (Lipinski definition) is 3. The maximum absolute atomic E-state index is 12.4. The van der Waals surface area contributed by atoms with Gasteiger partial charge < -0.3 is 10.6 Å². The molecule has 0 atom stereocenters. The molecule has 0 aliphatic rings. The molecule has 0 saturated carbocycles. The Morgan fingerprint density at radius 1 is 0.897 bits per heavy atom. The Bertz CT molecular complexity index is 969. The summed E-state index contributed by atoms with van der Waals surface area (Å²) < 4.78 is 0. The van der Waals surface area contributed by atoms with Crippen LogP contribution in [0.5, 0.6) is 0 Å². The Morgan fingerprint density at radius 2 is 1.48 bits per heavy atom. The molecule has 1 amide bonds. The summed E-state index contributed by atoms with van der Waals surface area (Å²) in [7, 11) is 0. The molecule has 3 aromatic rings. The lowest BCUT2D eigenvalue weighted by atomic mass is 9.87. The smallest absolute Gasteiger partial charge is 0.256 e. The van der Waals surface area contributed by atoms with E-state index in [0.717, 1.165) is 12.1 Å². The first-order valence-corrected chi connectivity index (χ1v) is 9.67. The Morgan fingerprint density at radius 3 is 2.07 bits per heavy atom. The number of hydrogen-bond donors (Lipinski definition) is 2. The van der Waals surface area contributed by atoms with E-state index in [2.05, 4.69) is 55.1 Å². The molecule has 0 fully saturated rings. The van der Waals surface area contributed by atoms with Gasteiger partial charge in [0.05, 0.1) is 0 Å². The third-order valence-electron chi connectivity index (χ3n) is 4.68. The maximum Gasteiger partial charge on any atom is 0.256 e. The fourth-order valence-corrected chi connectivity index (χ4v) is 2.98. The number of carbonyl (C=O) groups is 1.